The van der Waals surface area contributed by atoms with Crippen molar-refractivity contribution in [3.63, 3.8) is 0 Å². The summed E-state index contributed by atoms with van der Waals surface area (Å²) in [5, 5.41) is 7.72. The third kappa shape index (κ3) is 23.5. The van der Waals surface area contributed by atoms with E-state index in [0.29, 0.717) is 125 Å². The quantitative estimate of drug-likeness (QED) is 0.00509. The largest absolute Gasteiger partial charge is 0.494 e. The molecule has 2 heterocycles. The van der Waals surface area contributed by atoms with Gasteiger partial charge < -0.3 is 47.5 Å². The molecule has 6 aromatic carbocycles. The third-order valence-corrected chi connectivity index (χ3v) is 19.3. The first kappa shape index (κ1) is 74.2. The zero-order valence-electron chi connectivity index (χ0n) is 57.6. The Balaban J connectivity index is 0.710. The zero-order chi connectivity index (χ0) is 70.2. The van der Waals surface area contributed by atoms with Crippen molar-refractivity contribution >= 4 is 62.7 Å². The Morgan fingerprint density at radius 1 is 0.515 bits per heavy atom. The van der Waals surface area contributed by atoms with Crippen molar-refractivity contribution in [1.29, 1.82) is 0 Å². The van der Waals surface area contributed by atoms with Gasteiger partial charge in [0.25, 0.3) is 0 Å². The van der Waals surface area contributed by atoms with Gasteiger partial charge in [-0.3, -0.25) is 14.4 Å². The molecule has 2 saturated carbocycles. The van der Waals surface area contributed by atoms with Crippen LogP contribution in [0.5, 0.6) is 46.0 Å². The molecule has 534 valence electrons. The Labute approximate surface area is 596 Å². The maximum Gasteiger partial charge on any atom is 0.330 e. The number of anilines is 1. The fourth-order valence-electron chi connectivity index (χ4n) is 12.5. The molecule has 0 spiro atoms. The number of hydrazone groups is 1. The molecule has 20 heteroatoms. The Morgan fingerprint density at radius 3 is 1.60 bits per heavy atom. The minimum absolute atomic E-state index is 0.0504. The van der Waals surface area contributed by atoms with Gasteiger partial charge in [-0.15, -0.1) is 0 Å². The molecule has 0 unspecified atom stereocenters. The number of rotatable bonds is 41. The SMILES string of the molecule is C=CC(=O)OCCCCCCOc1ccc(OC(=O)C2CCC(COOc3ccc(OC(=O)C4CCC(Oc5ccc(OCCCCCCOC(=O)C=C)cc5)CC4)cc3/C=N/N(CCCCCCCCOC(=O)C3c4ccccc4Oc4ccccc43)c3nc4ccccc4s3)CC2)cc1. The van der Waals surface area contributed by atoms with Crippen molar-refractivity contribution in [2.75, 3.05) is 51.2 Å². The summed E-state index contributed by atoms with van der Waals surface area (Å²) < 4.78 is 53.3. The smallest absolute Gasteiger partial charge is 0.330 e. The van der Waals surface area contributed by atoms with Gasteiger partial charge in [-0.25, -0.2) is 19.6 Å². The first-order valence-electron chi connectivity index (χ1n) is 35.8. The molecular formula is C81H93N3O16S. The van der Waals surface area contributed by atoms with Gasteiger partial charge in [0.15, 0.2) is 5.75 Å². The molecule has 2 fully saturated rings. The summed E-state index contributed by atoms with van der Waals surface area (Å²) in [5.41, 5.74) is 3.03. The summed E-state index contributed by atoms with van der Waals surface area (Å²) in [5.74, 6) is 2.12. The number of benzene rings is 6. The number of esters is 5. The molecule has 0 saturated heterocycles. The summed E-state index contributed by atoms with van der Waals surface area (Å²) in [6, 6.07) is 43.2. The highest BCUT2D eigenvalue weighted by molar-refractivity contribution is 7.22. The van der Waals surface area contributed by atoms with Crippen LogP contribution in [-0.4, -0.2) is 93.3 Å². The standard InChI is InChI=1S/C81H93N3O16S/c1-3-75(85)92-52-22-11-9-20-50-90-62-39-43-65(44-40-62)96-64-37-35-60(36-38-64)79(88)98-67-47-48-71(100-95-57-58-31-33-59(34-32-58)78(87)97-66-45-41-63(42-46-66)91-51-21-10-12-23-53-93-76(86)4-2)61(55-67)56-82-84(81-83-70-27-15-18-30-74(70)101-81)49-19-7-5-6-8-24-54-94-80(89)77-68-25-13-16-28-72(68)99-73-29-17-14-26-69(73)77/h3-4,13-18,25-30,39-48,55-56,58-60,64,77H,1-2,5-12,19-24,31-38,49-54,57H2/b82-56+. The van der Waals surface area contributed by atoms with Crippen LogP contribution >= 0.6 is 11.3 Å². The van der Waals surface area contributed by atoms with E-state index < -0.39 is 17.9 Å². The second-order valence-electron chi connectivity index (χ2n) is 25.7. The molecule has 0 amide bonds. The lowest BCUT2D eigenvalue weighted by Gasteiger charge is -2.28. The van der Waals surface area contributed by atoms with Crippen molar-refractivity contribution in [2.45, 2.75) is 153 Å². The average Bonchev–Trinajstić information content (AvgIpc) is 1.67. The van der Waals surface area contributed by atoms with Gasteiger partial charge in [0.2, 0.25) is 5.13 Å². The summed E-state index contributed by atoms with van der Waals surface area (Å²) in [6.45, 7) is 9.94. The van der Waals surface area contributed by atoms with Crippen molar-refractivity contribution in [1.82, 2.24) is 4.98 Å². The van der Waals surface area contributed by atoms with Gasteiger partial charge >= 0.3 is 29.8 Å². The number of nitrogens with zero attached hydrogens (tertiary/aromatic N) is 3. The molecule has 10 rings (SSSR count). The van der Waals surface area contributed by atoms with Crippen LogP contribution in [0.15, 0.2) is 170 Å². The second-order valence-corrected chi connectivity index (χ2v) is 26.7. The molecule has 1 aliphatic heterocycles. The third-order valence-electron chi connectivity index (χ3n) is 18.2. The van der Waals surface area contributed by atoms with E-state index in [4.69, 9.17) is 62.5 Å². The minimum atomic E-state index is -0.539. The van der Waals surface area contributed by atoms with Crippen molar-refractivity contribution in [3.05, 3.63) is 182 Å². The molecule has 0 atom stereocenters. The number of fused-ring (bicyclic) bond motifs is 3. The Hall–Kier alpha value is -9.53. The van der Waals surface area contributed by atoms with Crippen LogP contribution in [0.3, 0.4) is 0 Å². The Kier molecular flexibility index (Phi) is 29.4. The molecule has 1 aromatic heterocycles. The first-order valence-corrected chi connectivity index (χ1v) is 36.6. The van der Waals surface area contributed by atoms with E-state index in [2.05, 4.69) is 13.2 Å². The molecule has 0 N–H and O–H groups in total. The first-order chi connectivity index (χ1) is 49.5. The predicted molar refractivity (Wildman–Crippen MR) is 387 cm³/mol. The summed E-state index contributed by atoms with van der Waals surface area (Å²) in [6.07, 6.45) is 21.9. The van der Waals surface area contributed by atoms with E-state index in [1.807, 2.05) is 102 Å². The summed E-state index contributed by atoms with van der Waals surface area (Å²) in [4.78, 5) is 80.5. The molecule has 0 radical (unpaired) electrons. The van der Waals surface area contributed by atoms with Gasteiger partial charge in [-0.1, -0.05) is 98.7 Å². The van der Waals surface area contributed by atoms with Gasteiger partial charge in [0, 0.05) is 35.4 Å². The fraction of sp³-hybridized carbons (Fsp3) is 0.420. The maximum absolute atomic E-state index is 14.0. The lowest BCUT2D eigenvalue weighted by Crippen LogP contribution is -2.30. The molecule has 2 aliphatic carbocycles. The lowest BCUT2D eigenvalue weighted by atomic mass is 9.82. The fourth-order valence-corrected chi connectivity index (χ4v) is 13.5. The molecule has 7 aromatic rings. The summed E-state index contributed by atoms with van der Waals surface area (Å²) in [7, 11) is 0. The van der Waals surface area contributed by atoms with E-state index in [0.717, 1.165) is 141 Å². The van der Waals surface area contributed by atoms with Gasteiger partial charge in [0.05, 0.1) is 74.0 Å². The van der Waals surface area contributed by atoms with Crippen molar-refractivity contribution < 1.29 is 76.4 Å². The van der Waals surface area contributed by atoms with Crippen LogP contribution in [0.1, 0.15) is 164 Å². The van der Waals surface area contributed by atoms with E-state index in [1.165, 1.54) is 12.2 Å². The molecule has 3 aliphatic rings. The molecule has 19 nitrogen and oxygen atoms in total. The monoisotopic (exact) mass is 1400 g/mol. The van der Waals surface area contributed by atoms with Gasteiger partial charge in [-0.05, 0) is 212 Å². The molecular weight excluding hydrogens is 1300 g/mol. The second kappa shape index (κ2) is 40.1. The average molecular weight is 1400 g/mol. The lowest BCUT2D eigenvalue weighted by molar-refractivity contribution is -0.218. The Bertz CT molecular complexity index is 3740. The van der Waals surface area contributed by atoms with Crippen LogP contribution < -0.4 is 38.3 Å². The van der Waals surface area contributed by atoms with Crippen LogP contribution in [0.25, 0.3) is 10.2 Å². The number of aromatic nitrogens is 1. The van der Waals surface area contributed by atoms with Crippen molar-refractivity contribution in [2.24, 2.45) is 22.9 Å². The van der Waals surface area contributed by atoms with Gasteiger partial charge in [-0.2, -0.15) is 9.99 Å². The highest BCUT2D eigenvalue weighted by Crippen LogP contribution is 2.45. The van der Waals surface area contributed by atoms with Crippen LogP contribution in [0.2, 0.25) is 0 Å². The minimum Gasteiger partial charge on any atom is -0.494 e. The summed E-state index contributed by atoms with van der Waals surface area (Å²) >= 11 is 1.56. The van der Waals surface area contributed by atoms with E-state index in [1.54, 1.807) is 60.0 Å². The number of carbonyl (C=O) groups excluding carboxylic acids is 5. The number of carbonyl (C=O) groups is 5. The number of ether oxygens (including phenoxy) is 9. The number of thiazole rings is 1. The van der Waals surface area contributed by atoms with Crippen LogP contribution in [-0.2, 0) is 43.1 Å². The van der Waals surface area contributed by atoms with E-state index in [9.17, 15) is 24.0 Å². The van der Waals surface area contributed by atoms with Crippen molar-refractivity contribution in [3.8, 4) is 46.0 Å². The van der Waals surface area contributed by atoms with E-state index in [-0.39, 0.29) is 41.8 Å². The van der Waals surface area contributed by atoms with Crippen LogP contribution in [0.4, 0.5) is 5.13 Å². The molecule has 101 heavy (non-hydrogen) atoms. The maximum atomic E-state index is 14.0. The predicted octanol–water partition coefficient (Wildman–Crippen LogP) is 17.6. The highest BCUT2D eigenvalue weighted by atomic mass is 32.1. The number of hydrogen-bond donors (Lipinski definition) is 0. The topological polar surface area (TPSA) is 215 Å². The van der Waals surface area contributed by atoms with E-state index >= 15 is 0 Å². The highest BCUT2D eigenvalue weighted by Gasteiger charge is 2.34. The molecule has 0 bridgehead atoms. The zero-order valence-corrected chi connectivity index (χ0v) is 58.4. The van der Waals surface area contributed by atoms with Crippen LogP contribution in [0, 0.1) is 17.8 Å². The van der Waals surface area contributed by atoms with Gasteiger partial charge in [0.1, 0.15) is 46.2 Å². The number of hydrogen-bond acceptors (Lipinski definition) is 20. The number of para-hydroxylation sites is 3. The number of unbranched alkanes of at least 4 members (excludes halogenated alkanes) is 11. The Morgan fingerprint density at radius 2 is 1.01 bits per heavy atom. The normalized spacial score (nSPS) is 16.4.